The highest BCUT2D eigenvalue weighted by Gasteiger charge is 2.22. The molecule has 0 aliphatic rings. The SMILES string of the molecule is CCCCC(Sc1nnc(SCC)s1)C(=O)Nc1cc(C)on1. The Balaban J connectivity index is 2.00. The third-order valence-corrected chi connectivity index (χ3v) is 6.18. The molecule has 2 aromatic heterocycles. The van der Waals surface area contributed by atoms with Crippen LogP contribution in [-0.4, -0.2) is 32.3 Å². The van der Waals surface area contributed by atoms with Crippen molar-refractivity contribution in [2.75, 3.05) is 11.1 Å². The number of hydrogen-bond acceptors (Lipinski definition) is 8. The van der Waals surface area contributed by atoms with Crippen molar-refractivity contribution in [3.63, 3.8) is 0 Å². The van der Waals surface area contributed by atoms with E-state index in [9.17, 15) is 4.79 Å². The monoisotopic (exact) mass is 372 g/mol. The quantitative estimate of drug-likeness (QED) is 0.659. The van der Waals surface area contributed by atoms with Crippen molar-refractivity contribution >= 4 is 46.6 Å². The summed E-state index contributed by atoms with van der Waals surface area (Å²) in [5, 5.41) is 14.7. The van der Waals surface area contributed by atoms with Crippen LogP contribution in [0.25, 0.3) is 0 Å². The van der Waals surface area contributed by atoms with E-state index in [1.807, 2.05) is 0 Å². The van der Waals surface area contributed by atoms with Gasteiger partial charge in [-0.1, -0.05) is 66.7 Å². The van der Waals surface area contributed by atoms with Crippen molar-refractivity contribution in [2.45, 2.75) is 54.0 Å². The molecule has 0 radical (unpaired) electrons. The van der Waals surface area contributed by atoms with Gasteiger partial charge in [0, 0.05) is 6.07 Å². The van der Waals surface area contributed by atoms with Crippen molar-refractivity contribution in [3.8, 4) is 0 Å². The molecule has 23 heavy (non-hydrogen) atoms. The second-order valence-corrected chi connectivity index (χ2v) is 8.77. The molecule has 0 saturated heterocycles. The Morgan fingerprint density at radius 2 is 2.17 bits per heavy atom. The maximum atomic E-state index is 12.5. The van der Waals surface area contributed by atoms with Crippen LogP contribution >= 0.6 is 34.9 Å². The summed E-state index contributed by atoms with van der Waals surface area (Å²) in [6, 6.07) is 1.71. The van der Waals surface area contributed by atoms with Gasteiger partial charge >= 0.3 is 0 Å². The van der Waals surface area contributed by atoms with E-state index in [1.165, 1.54) is 23.1 Å². The van der Waals surface area contributed by atoms with Gasteiger partial charge in [-0.25, -0.2) is 0 Å². The number of amides is 1. The van der Waals surface area contributed by atoms with Crippen LogP contribution in [0.1, 0.15) is 38.9 Å². The van der Waals surface area contributed by atoms with Crippen molar-refractivity contribution in [2.24, 2.45) is 0 Å². The molecule has 0 saturated carbocycles. The van der Waals surface area contributed by atoms with E-state index in [-0.39, 0.29) is 11.2 Å². The predicted octanol–water partition coefficient (Wildman–Crippen LogP) is 4.24. The molecule has 6 nitrogen and oxygen atoms in total. The number of carbonyl (C=O) groups is 1. The number of anilines is 1. The van der Waals surface area contributed by atoms with Crippen molar-refractivity contribution in [3.05, 3.63) is 11.8 Å². The minimum atomic E-state index is -0.209. The lowest BCUT2D eigenvalue weighted by Crippen LogP contribution is -2.25. The van der Waals surface area contributed by atoms with Crippen LogP contribution in [0, 0.1) is 6.92 Å². The number of carbonyl (C=O) groups excluding carboxylic acids is 1. The molecule has 126 valence electrons. The lowest BCUT2D eigenvalue weighted by molar-refractivity contribution is -0.115. The summed E-state index contributed by atoms with van der Waals surface area (Å²) in [7, 11) is 0. The Hall–Kier alpha value is -1.06. The number of thioether (sulfide) groups is 2. The van der Waals surface area contributed by atoms with Crippen LogP contribution in [-0.2, 0) is 4.79 Å². The highest BCUT2D eigenvalue weighted by Crippen LogP contribution is 2.33. The largest absolute Gasteiger partial charge is 0.360 e. The zero-order valence-corrected chi connectivity index (χ0v) is 15.8. The first-order valence-corrected chi connectivity index (χ1v) is 10.2. The zero-order chi connectivity index (χ0) is 16.7. The summed E-state index contributed by atoms with van der Waals surface area (Å²) in [4.78, 5) is 12.5. The van der Waals surface area contributed by atoms with Gasteiger partial charge in [-0.15, -0.1) is 10.2 Å². The maximum absolute atomic E-state index is 12.5. The Morgan fingerprint density at radius 1 is 1.39 bits per heavy atom. The van der Waals surface area contributed by atoms with Crippen molar-refractivity contribution < 1.29 is 9.32 Å². The molecule has 0 spiro atoms. The zero-order valence-electron chi connectivity index (χ0n) is 13.4. The van der Waals surface area contributed by atoms with Crippen LogP contribution in [0.5, 0.6) is 0 Å². The highest BCUT2D eigenvalue weighted by molar-refractivity contribution is 8.03. The average molecular weight is 373 g/mol. The summed E-state index contributed by atoms with van der Waals surface area (Å²) in [5.41, 5.74) is 0. The molecule has 1 amide bonds. The van der Waals surface area contributed by atoms with Crippen LogP contribution in [0.4, 0.5) is 5.82 Å². The Kier molecular flexibility index (Phi) is 7.38. The van der Waals surface area contributed by atoms with E-state index in [0.717, 1.165) is 33.7 Å². The summed E-state index contributed by atoms with van der Waals surface area (Å²) in [6.45, 7) is 5.98. The van der Waals surface area contributed by atoms with Crippen molar-refractivity contribution in [1.82, 2.24) is 15.4 Å². The minimum absolute atomic E-state index is 0.0726. The first-order valence-electron chi connectivity index (χ1n) is 7.49. The molecule has 0 aromatic carbocycles. The van der Waals surface area contributed by atoms with Crippen LogP contribution in [0.15, 0.2) is 19.3 Å². The average Bonchev–Trinajstić information content (AvgIpc) is 3.13. The highest BCUT2D eigenvalue weighted by atomic mass is 32.2. The van der Waals surface area contributed by atoms with E-state index in [2.05, 4.69) is 34.5 Å². The van der Waals surface area contributed by atoms with Gasteiger partial charge in [0.1, 0.15) is 5.76 Å². The molecule has 0 fully saturated rings. The van der Waals surface area contributed by atoms with E-state index >= 15 is 0 Å². The normalized spacial score (nSPS) is 12.3. The molecule has 1 N–H and O–H groups in total. The topological polar surface area (TPSA) is 80.9 Å². The fraction of sp³-hybridized carbons (Fsp3) is 0.571. The van der Waals surface area contributed by atoms with Gasteiger partial charge in [-0.05, 0) is 19.1 Å². The number of aromatic nitrogens is 3. The summed E-state index contributed by atoms with van der Waals surface area (Å²) in [5.74, 6) is 2.01. The first-order chi connectivity index (χ1) is 11.1. The van der Waals surface area contributed by atoms with Gasteiger partial charge in [0.05, 0.1) is 5.25 Å². The van der Waals surface area contributed by atoms with Gasteiger partial charge in [0.25, 0.3) is 0 Å². The summed E-state index contributed by atoms with van der Waals surface area (Å²) < 4.78 is 6.75. The van der Waals surface area contributed by atoms with E-state index in [1.54, 1.807) is 24.8 Å². The molecule has 1 unspecified atom stereocenters. The number of nitrogens with one attached hydrogen (secondary N) is 1. The molecular weight excluding hydrogens is 352 g/mol. The Labute approximate surface area is 148 Å². The van der Waals surface area contributed by atoms with E-state index in [4.69, 9.17) is 4.52 Å². The summed E-state index contributed by atoms with van der Waals surface area (Å²) in [6.07, 6.45) is 2.82. The molecule has 2 aromatic rings. The maximum Gasteiger partial charge on any atom is 0.239 e. The molecular formula is C14H20N4O2S3. The van der Waals surface area contributed by atoms with Gasteiger partial charge in [-0.2, -0.15) is 0 Å². The molecule has 0 aliphatic carbocycles. The van der Waals surface area contributed by atoms with Crippen LogP contribution in [0.2, 0.25) is 0 Å². The molecule has 0 aliphatic heterocycles. The van der Waals surface area contributed by atoms with Crippen LogP contribution in [0.3, 0.4) is 0 Å². The molecule has 1 atom stereocenters. The molecule has 9 heteroatoms. The lowest BCUT2D eigenvalue weighted by atomic mass is 10.2. The molecule has 0 bridgehead atoms. The lowest BCUT2D eigenvalue weighted by Gasteiger charge is -2.13. The third-order valence-electron chi connectivity index (χ3n) is 2.89. The fourth-order valence-corrected chi connectivity index (χ4v) is 5.02. The molecule has 2 rings (SSSR count). The van der Waals surface area contributed by atoms with Gasteiger partial charge < -0.3 is 9.84 Å². The smallest absolute Gasteiger partial charge is 0.239 e. The number of aryl methyl sites for hydroxylation is 1. The standard InChI is InChI=1S/C14H20N4O2S3/c1-4-6-7-10(12(19)15-11-8-9(3)20-18-11)22-14-17-16-13(23-14)21-5-2/h8,10H,4-7H2,1-3H3,(H,15,18,19). The van der Waals surface area contributed by atoms with E-state index < -0.39 is 0 Å². The number of hydrogen-bond donors (Lipinski definition) is 1. The Bertz CT molecular complexity index is 629. The van der Waals surface area contributed by atoms with Crippen LogP contribution < -0.4 is 5.32 Å². The number of unbranched alkanes of at least 4 members (excludes halogenated alkanes) is 1. The number of nitrogens with zero attached hydrogens (tertiary/aromatic N) is 3. The van der Waals surface area contributed by atoms with Gasteiger partial charge in [0.15, 0.2) is 14.5 Å². The first kappa shape index (κ1) is 18.3. The minimum Gasteiger partial charge on any atom is -0.360 e. The van der Waals surface area contributed by atoms with Crippen molar-refractivity contribution in [1.29, 1.82) is 0 Å². The Morgan fingerprint density at radius 3 is 2.83 bits per heavy atom. The summed E-state index contributed by atoms with van der Waals surface area (Å²) >= 11 is 4.67. The third kappa shape index (κ3) is 5.82. The van der Waals surface area contributed by atoms with Gasteiger partial charge in [0.2, 0.25) is 5.91 Å². The van der Waals surface area contributed by atoms with Gasteiger partial charge in [-0.3, -0.25) is 4.79 Å². The second-order valence-electron chi connectivity index (χ2n) is 4.83. The predicted molar refractivity (Wildman–Crippen MR) is 95.3 cm³/mol. The molecule has 2 heterocycles. The second kappa shape index (κ2) is 9.29. The fourth-order valence-electron chi connectivity index (χ4n) is 1.81. The number of rotatable bonds is 9. The van der Waals surface area contributed by atoms with E-state index in [0.29, 0.717) is 11.6 Å².